The fourth-order valence-electron chi connectivity index (χ4n) is 4.00. The minimum Gasteiger partial charge on any atom is -0.497 e. The van der Waals surface area contributed by atoms with E-state index < -0.39 is 28.5 Å². The second-order valence-corrected chi connectivity index (χ2v) is 10.3. The van der Waals surface area contributed by atoms with Gasteiger partial charge in [-0.25, -0.2) is 8.42 Å². The Morgan fingerprint density at radius 1 is 0.895 bits per heavy atom. The number of hydrogen-bond donors (Lipinski definition) is 1. The highest BCUT2D eigenvalue weighted by Gasteiger charge is 2.33. The predicted octanol–water partition coefficient (Wildman–Crippen LogP) is 3.10. The Hall–Kier alpha value is -4.05. The fraction of sp³-hybridized carbons (Fsp3) is 0.286. The summed E-state index contributed by atoms with van der Waals surface area (Å²) in [5.74, 6) is -0.101. The van der Waals surface area contributed by atoms with E-state index in [9.17, 15) is 18.0 Å². The molecule has 9 nitrogen and oxygen atoms in total. The van der Waals surface area contributed by atoms with Gasteiger partial charge in [0.25, 0.3) is 10.0 Å². The van der Waals surface area contributed by atoms with Gasteiger partial charge >= 0.3 is 0 Å². The average molecular weight is 540 g/mol. The van der Waals surface area contributed by atoms with Gasteiger partial charge in [0.05, 0.1) is 24.8 Å². The Bertz CT molecular complexity index is 1330. The second kappa shape index (κ2) is 13.0. The van der Waals surface area contributed by atoms with Gasteiger partial charge in [-0.1, -0.05) is 42.5 Å². The number of ether oxygens (including phenoxy) is 2. The molecule has 3 aromatic rings. The maximum absolute atomic E-state index is 13.9. The molecule has 3 rings (SSSR count). The van der Waals surface area contributed by atoms with Gasteiger partial charge < -0.3 is 19.7 Å². The van der Waals surface area contributed by atoms with E-state index in [1.165, 1.54) is 50.4 Å². The number of anilines is 1. The minimum absolute atomic E-state index is 0.0211. The molecule has 1 unspecified atom stereocenters. The third-order valence-corrected chi connectivity index (χ3v) is 7.95. The summed E-state index contributed by atoms with van der Waals surface area (Å²) in [5.41, 5.74) is 1.19. The van der Waals surface area contributed by atoms with Crippen molar-refractivity contribution in [3.8, 4) is 11.5 Å². The highest BCUT2D eigenvalue weighted by atomic mass is 32.2. The first-order valence-corrected chi connectivity index (χ1v) is 13.5. The lowest BCUT2D eigenvalue weighted by Crippen LogP contribution is -2.51. The number of carbonyl (C=O) groups is 2. The number of sulfonamides is 1. The zero-order chi connectivity index (χ0) is 27.7. The molecular formula is C28H33N3O6S. The summed E-state index contributed by atoms with van der Waals surface area (Å²) in [4.78, 5) is 27.7. The molecule has 0 radical (unpaired) electrons. The lowest BCUT2D eigenvalue weighted by Gasteiger charge is -2.32. The van der Waals surface area contributed by atoms with Crippen LogP contribution in [-0.4, -0.2) is 65.5 Å². The van der Waals surface area contributed by atoms with Gasteiger partial charge in [0.15, 0.2) is 0 Å². The Morgan fingerprint density at radius 2 is 1.53 bits per heavy atom. The molecule has 3 aromatic carbocycles. The number of carbonyl (C=O) groups excluding carboxylic acids is 2. The normalized spacial score (nSPS) is 11.8. The number of likely N-dealkylation sites (N-methyl/N-ethyl adjacent to an activating group) is 1. The van der Waals surface area contributed by atoms with Gasteiger partial charge in [-0.3, -0.25) is 13.9 Å². The average Bonchev–Trinajstić information content (AvgIpc) is 2.95. The number of nitrogens with zero attached hydrogens (tertiary/aromatic N) is 2. The van der Waals surface area contributed by atoms with Crippen LogP contribution in [0.2, 0.25) is 0 Å². The molecule has 202 valence electrons. The van der Waals surface area contributed by atoms with Crippen molar-refractivity contribution in [3.05, 3.63) is 84.4 Å². The van der Waals surface area contributed by atoms with Crippen LogP contribution in [0.4, 0.5) is 5.69 Å². The Morgan fingerprint density at radius 3 is 2.13 bits per heavy atom. The summed E-state index contributed by atoms with van der Waals surface area (Å²) in [5, 5.41) is 2.57. The van der Waals surface area contributed by atoms with Crippen molar-refractivity contribution in [3.63, 3.8) is 0 Å². The monoisotopic (exact) mass is 539 g/mol. The van der Waals surface area contributed by atoms with Gasteiger partial charge in [0.1, 0.15) is 24.1 Å². The van der Waals surface area contributed by atoms with Crippen molar-refractivity contribution in [2.45, 2.75) is 24.3 Å². The molecule has 1 atom stereocenters. The van der Waals surface area contributed by atoms with Crippen LogP contribution < -0.4 is 19.1 Å². The molecule has 0 saturated carbocycles. The zero-order valence-electron chi connectivity index (χ0n) is 22.0. The van der Waals surface area contributed by atoms with Crippen molar-refractivity contribution in [2.75, 3.05) is 38.7 Å². The van der Waals surface area contributed by atoms with Gasteiger partial charge in [-0.15, -0.1) is 0 Å². The molecule has 0 bridgehead atoms. The topological polar surface area (TPSA) is 105 Å². The number of para-hydroxylation sites is 2. The van der Waals surface area contributed by atoms with Crippen LogP contribution >= 0.6 is 0 Å². The Kier molecular flexibility index (Phi) is 9.72. The van der Waals surface area contributed by atoms with Crippen molar-refractivity contribution < 1.29 is 27.5 Å². The summed E-state index contributed by atoms with van der Waals surface area (Å²) in [6, 6.07) is 21.2. The summed E-state index contributed by atoms with van der Waals surface area (Å²) >= 11 is 0. The second-order valence-electron chi connectivity index (χ2n) is 8.47. The van der Waals surface area contributed by atoms with Gasteiger partial charge in [0.2, 0.25) is 11.8 Å². The summed E-state index contributed by atoms with van der Waals surface area (Å²) < 4.78 is 39.4. The molecule has 0 spiro atoms. The maximum Gasteiger partial charge on any atom is 0.264 e. The van der Waals surface area contributed by atoms with E-state index in [0.29, 0.717) is 12.2 Å². The highest BCUT2D eigenvalue weighted by molar-refractivity contribution is 7.92. The Labute approximate surface area is 224 Å². The smallest absolute Gasteiger partial charge is 0.264 e. The molecule has 0 aliphatic carbocycles. The molecular weight excluding hydrogens is 506 g/mol. The first kappa shape index (κ1) is 28.5. The van der Waals surface area contributed by atoms with Crippen molar-refractivity contribution >= 4 is 27.5 Å². The largest absolute Gasteiger partial charge is 0.497 e. The molecule has 0 saturated heterocycles. The number of nitrogens with one attached hydrogen (secondary N) is 1. The zero-order valence-corrected chi connectivity index (χ0v) is 22.8. The van der Waals surface area contributed by atoms with Crippen LogP contribution in [0.5, 0.6) is 11.5 Å². The van der Waals surface area contributed by atoms with Crippen molar-refractivity contribution in [2.24, 2.45) is 0 Å². The molecule has 0 aliphatic rings. The van der Waals surface area contributed by atoms with E-state index in [1.54, 1.807) is 31.2 Å². The summed E-state index contributed by atoms with van der Waals surface area (Å²) in [6.07, 6.45) is 0.494. The quantitative estimate of drug-likeness (QED) is 0.379. The number of methoxy groups -OCH3 is 2. The van der Waals surface area contributed by atoms with Gasteiger partial charge in [-0.05, 0) is 55.3 Å². The summed E-state index contributed by atoms with van der Waals surface area (Å²) in [7, 11) is 0.201. The molecule has 10 heteroatoms. The van der Waals surface area contributed by atoms with Gasteiger partial charge in [-0.2, -0.15) is 0 Å². The SMILES string of the molecule is CNC(=O)C(C)N(CCc1ccccc1)C(=O)CN(c1ccccc1OC)S(=O)(=O)c1ccc(OC)cc1. The fourth-order valence-corrected chi connectivity index (χ4v) is 5.43. The number of rotatable bonds is 12. The molecule has 0 fully saturated rings. The minimum atomic E-state index is -4.21. The lowest BCUT2D eigenvalue weighted by atomic mass is 10.1. The number of hydrogen-bond acceptors (Lipinski definition) is 6. The predicted molar refractivity (Wildman–Crippen MR) is 146 cm³/mol. The third-order valence-electron chi connectivity index (χ3n) is 6.18. The first-order chi connectivity index (χ1) is 18.2. The van der Waals surface area contributed by atoms with Crippen LogP contribution in [0.3, 0.4) is 0 Å². The van der Waals surface area contributed by atoms with E-state index in [4.69, 9.17) is 9.47 Å². The molecule has 1 N–H and O–H groups in total. The van der Waals surface area contributed by atoms with Crippen LogP contribution in [0.15, 0.2) is 83.8 Å². The standard InChI is InChI=1S/C28H33N3O6S/c1-21(28(33)29-2)30(19-18-22-10-6-5-7-11-22)27(32)20-31(25-12-8-9-13-26(25)37-4)38(34,35)24-16-14-23(36-3)15-17-24/h5-17,21H,18-20H2,1-4H3,(H,29,33). The number of benzene rings is 3. The lowest BCUT2D eigenvalue weighted by molar-refractivity contribution is -0.138. The van der Waals surface area contributed by atoms with Gasteiger partial charge in [0, 0.05) is 13.6 Å². The van der Waals surface area contributed by atoms with Crippen LogP contribution in [0.1, 0.15) is 12.5 Å². The molecule has 0 aliphatic heterocycles. The van der Waals surface area contributed by atoms with Crippen LogP contribution in [0, 0.1) is 0 Å². The third kappa shape index (κ3) is 6.63. The Balaban J connectivity index is 2.01. The van der Waals surface area contributed by atoms with Crippen molar-refractivity contribution in [1.29, 1.82) is 0 Å². The van der Waals surface area contributed by atoms with Crippen LogP contribution in [0.25, 0.3) is 0 Å². The van der Waals surface area contributed by atoms with E-state index in [2.05, 4.69) is 5.32 Å². The first-order valence-electron chi connectivity index (χ1n) is 12.1. The maximum atomic E-state index is 13.9. The molecule has 2 amide bonds. The molecule has 0 aromatic heterocycles. The highest BCUT2D eigenvalue weighted by Crippen LogP contribution is 2.32. The van der Waals surface area contributed by atoms with E-state index in [0.717, 1.165) is 9.87 Å². The summed E-state index contributed by atoms with van der Waals surface area (Å²) in [6.45, 7) is 1.30. The molecule has 0 heterocycles. The number of amides is 2. The van der Waals surface area contributed by atoms with E-state index in [1.807, 2.05) is 30.3 Å². The van der Waals surface area contributed by atoms with Crippen LogP contribution in [-0.2, 0) is 26.0 Å². The molecule has 38 heavy (non-hydrogen) atoms. The van der Waals surface area contributed by atoms with E-state index in [-0.39, 0.29) is 28.8 Å². The van der Waals surface area contributed by atoms with E-state index >= 15 is 0 Å². The van der Waals surface area contributed by atoms with Crippen molar-refractivity contribution in [1.82, 2.24) is 10.2 Å².